The van der Waals surface area contributed by atoms with Crippen molar-refractivity contribution in [2.45, 2.75) is 25.7 Å². The number of esters is 1. The quantitative estimate of drug-likeness (QED) is 0.800. The Hall–Kier alpha value is -2.66. The number of ether oxygens (including phenoxy) is 1. The summed E-state index contributed by atoms with van der Waals surface area (Å²) in [5.41, 5.74) is 1.45. The van der Waals surface area contributed by atoms with Gasteiger partial charge in [-0.15, -0.1) is 0 Å². The summed E-state index contributed by atoms with van der Waals surface area (Å²) < 4.78 is 5.13. The van der Waals surface area contributed by atoms with E-state index in [-0.39, 0.29) is 12.5 Å². The number of hydrogen-bond donors (Lipinski definition) is 2. The molecule has 0 aromatic heterocycles. The van der Waals surface area contributed by atoms with Crippen LogP contribution in [0.25, 0.3) is 0 Å². The molecule has 0 aliphatic carbocycles. The first-order valence-corrected chi connectivity index (χ1v) is 7.28. The molecule has 120 valence electrons. The molecular formula is C18H19NO4. The Morgan fingerprint density at radius 2 is 1.61 bits per heavy atom. The van der Waals surface area contributed by atoms with Gasteiger partial charge in [0.15, 0.2) is 6.10 Å². The Bertz CT molecular complexity index is 643. The van der Waals surface area contributed by atoms with Crippen molar-refractivity contribution in [1.29, 1.82) is 0 Å². The van der Waals surface area contributed by atoms with Crippen LogP contribution in [0.3, 0.4) is 0 Å². The fraction of sp³-hybridized carbons (Fsp3) is 0.222. The number of carbonyl (C=O) groups is 2. The molecule has 1 amide bonds. The molecule has 0 saturated carbocycles. The van der Waals surface area contributed by atoms with Crippen LogP contribution >= 0.6 is 0 Å². The van der Waals surface area contributed by atoms with Crippen LogP contribution in [0.1, 0.15) is 24.1 Å². The molecule has 0 heterocycles. The van der Waals surface area contributed by atoms with Crippen LogP contribution in [0.4, 0.5) is 0 Å². The van der Waals surface area contributed by atoms with Crippen molar-refractivity contribution >= 4 is 11.9 Å². The summed E-state index contributed by atoms with van der Waals surface area (Å²) >= 11 is 0. The maximum absolute atomic E-state index is 12.1. The van der Waals surface area contributed by atoms with Crippen LogP contribution in [0.2, 0.25) is 0 Å². The third kappa shape index (κ3) is 4.93. The van der Waals surface area contributed by atoms with E-state index in [9.17, 15) is 14.7 Å². The van der Waals surface area contributed by atoms with Crippen molar-refractivity contribution in [2.75, 3.05) is 0 Å². The fourth-order valence-corrected chi connectivity index (χ4v) is 2.17. The molecule has 2 N–H and O–H groups in total. The summed E-state index contributed by atoms with van der Waals surface area (Å²) in [7, 11) is 0. The van der Waals surface area contributed by atoms with Crippen LogP contribution in [0, 0.1) is 0 Å². The molecule has 5 nitrogen and oxygen atoms in total. The van der Waals surface area contributed by atoms with Gasteiger partial charge in [-0.3, -0.25) is 4.79 Å². The van der Waals surface area contributed by atoms with E-state index in [4.69, 9.17) is 4.74 Å². The highest BCUT2D eigenvalue weighted by molar-refractivity contribution is 5.78. The molecule has 5 heteroatoms. The number of nitrogens with one attached hydrogen (secondary N) is 1. The van der Waals surface area contributed by atoms with E-state index in [1.165, 1.54) is 6.92 Å². The van der Waals surface area contributed by atoms with Gasteiger partial charge >= 0.3 is 5.97 Å². The molecule has 23 heavy (non-hydrogen) atoms. The number of aliphatic hydroxyl groups excluding tert-OH is 1. The van der Waals surface area contributed by atoms with Crippen LogP contribution in [-0.4, -0.2) is 23.1 Å². The second-order valence-corrected chi connectivity index (χ2v) is 5.13. The lowest BCUT2D eigenvalue weighted by molar-refractivity contribution is -0.157. The number of hydrogen-bond acceptors (Lipinski definition) is 4. The second-order valence-electron chi connectivity index (χ2n) is 5.13. The molecule has 0 spiro atoms. The van der Waals surface area contributed by atoms with Crippen LogP contribution in [-0.2, 0) is 20.9 Å². The van der Waals surface area contributed by atoms with Gasteiger partial charge in [-0.1, -0.05) is 60.7 Å². The molecule has 0 radical (unpaired) electrons. The number of benzene rings is 2. The van der Waals surface area contributed by atoms with E-state index in [1.54, 1.807) is 24.3 Å². The minimum atomic E-state index is -1.48. The Morgan fingerprint density at radius 3 is 2.17 bits per heavy atom. The second kappa shape index (κ2) is 8.10. The molecular weight excluding hydrogens is 294 g/mol. The number of rotatable bonds is 6. The average molecular weight is 313 g/mol. The molecule has 0 fully saturated rings. The van der Waals surface area contributed by atoms with E-state index in [0.29, 0.717) is 5.56 Å². The maximum atomic E-state index is 12.1. The summed E-state index contributed by atoms with van der Waals surface area (Å²) in [4.78, 5) is 23.4. The SMILES string of the molecule is CC(=O)N[C@@H](c1ccccc1)[C@@H](O)C(=O)OCc1ccccc1. The number of aliphatic hydroxyl groups is 1. The molecule has 0 unspecified atom stereocenters. The van der Waals surface area contributed by atoms with Gasteiger partial charge in [0.05, 0.1) is 6.04 Å². The lowest BCUT2D eigenvalue weighted by Crippen LogP contribution is -2.40. The smallest absolute Gasteiger partial charge is 0.337 e. The van der Waals surface area contributed by atoms with Gasteiger partial charge in [-0.2, -0.15) is 0 Å². The molecule has 2 rings (SSSR count). The van der Waals surface area contributed by atoms with Gasteiger partial charge in [-0.05, 0) is 11.1 Å². The van der Waals surface area contributed by atoms with Crippen molar-refractivity contribution in [1.82, 2.24) is 5.32 Å². The predicted molar refractivity (Wildman–Crippen MR) is 85.2 cm³/mol. The van der Waals surface area contributed by atoms with Gasteiger partial charge < -0.3 is 15.2 Å². The van der Waals surface area contributed by atoms with E-state index in [1.807, 2.05) is 36.4 Å². The maximum Gasteiger partial charge on any atom is 0.337 e. The third-order valence-electron chi connectivity index (χ3n) is 3.30. The van der Waals surface area contributed by atoms with E-state index < -0.39 is 18.1 Å². The van der Waals surface area contributed by atoms with Crippen molar-refractivity contribution in [3.8, 4) is 0 Å². The average Bonchev–Trinajstić information content (AvgIpc) is 2.58. The first kappa shape index (κ1) is 16.7. The topological polar surface area (TPSA) is 75.6 Å². The Balaban J connectivity index is 2.05. The minimum absolute atomic E-state index is 0.0678. The highest BCUT2D eigenvalue weighted by Gasteiger charge is 2.29. The summed E-state index contributed by atoms with van der Waals surface area (Å²) in [6.45, 7) is 1.40. The Kier molecular flexibility index (Phi) is 5.88. The van der Waals surface area contributed by atoms with Crippen LogP contribution < -0.4 is 5.32 Å². The zero-order valence-corrected chi connectivity index (χ0v) is 12.8. The van der Waals surface area contributed by atoms with E-state index in [2.05, 4.69) is 5.32 Å². The van der Waals surface area contributed by atoms with Crippen molar-refractivity contribution in [2.24, 2.45) is 0 Å². The summed E-state index contributed by atoms with van der Waals surface area (Å²) in [5.74, 6) is -1.12. The van der Waals surface area contributed by atoms with Crippen molar-refractivity contribution in [3.05, 3.63) is 71.8 Å². The molecule has 2 aromatic rings. The lowest BCUT2D eigenvalue weighted by atomic mass is 10.0. The normalized spacial score (nSPS) is 13.0. The van der Waals surface area contributed by atoms with Gasteiger partial charge in [-0.25, -0.2) is 4.79 Å². The standard InChI is InChI=1S/C18H19NO4/c1-13(20)19-16(15-10-6-3-7-11-15)17(21)18(22)23-12-14-8-4-2-5-9-14/h2-11,16-17,21H,12H2,1H3,(H,19,20)/t16-,17+/m0/s1. The van der Waals surface area contributed by atoms with Gasteiger partial charge in [0.25, 0.3) is 0 Å². The minimum Gasteiger partial charge on any atom is -0.459 e. The van der Waals surface area contributed by atoms with E-state index >= 15 is 0 Å². The zero-order chi connectivity index (χ0) is 16.7. The lowest BCUT2D eigenvalue weighted by Gasteiger charge is -2.22. The van der Waals surface area contributed by atoms with Crippen molar-refractivity contribution in [3.63, 3.8) is 0 Å². The third-order valence-corrected chi connectivity index (χ3v) is 3.30. The highest BCUT2D eigenvalue weighted by Crippen LogP contribution is 2.18. The monoisotopic (exact) mass is 313 g/mol. The highest BCUT2D eigenvalue weighted by atomic mass is 16.5. The number of amides is 1. The Morgan fingerprint density at radius 1 is 1.04 bits per heavy atom. The Labute approximate surface area is 134 Å². The molecule has 2 aromatic carbocycles. The largest absolute Gasteiger partial charge is 0.459 e. The molecule has 0 aliphatic rings. The van der Waals surface area contributed by atoms with Gasteiger partial charge in [0.2, 0.25) is 5.91 Å². The number of carbonyl (C=O) groups excluding carboxylic acids is 2. The van der Waals surface area contributed by atoms with Gasteiger partial charge in [0.1, 0.15) is 6.61 Å². The predicted octanol–water partition coefficient (Wildman–Crippen LogP) is 1.97. The van der Waals surface area contributed by atoms with Crippen LogP contribution in [0.15, 0.2) is 60.7 Å². The fourth-order valence-electron chi connectivity index (χ4n) is 2.17. The summed E-state index contributed by atoms with van der Waals surface area (Å²) in [5, 5.41) is 12.9. The molecule has 0 bridgehead atoms. The first-order valence-electron chi connectivity index (χ1n) is 7.28. The zero-order valence-electron chi connectivity index (χ0n) is 12.8. The van der Waals surface area contributed by atoms with Crippen LogP contribution in [0.5, 0.6) is 0 Å². The van der Waals surface area contributed by atoms with E-state index in [0.717, 1.165) is 5.56 Å². The first-order chi connectivity index (χ1) is 11.1. The summed E-state index contributed by atoms with van der Waals surface area (Å²) in [6.07, 6.45) is -1.48. The summed E-state index contributed by atoms with van der Waals surface area (Å²) in [6, 6.07) is 17.1. The van der Waals surface area contributed by atoms with Gasteiger partial charge in [0, 0.05) is 6.92 Å². The van der Waals surface area contributed by atoms with Crippen molar-refractivity contribution < 1.29 is 19.4 Å². The molecule has 2 atom stereocenters. The molecule has 0 saturated heterocycles. The molecule has 0 aliphatic heterocycles.